The second-order valence-electron chi connectivity index (χ2n) is 3.46. The summed E-state index contributed by atoms with van der Waals surface area (Å²) in [4.78, 5) is 0. The van der Waals surface area contributed by atoms with Crippen LogP contribution in [0.3, 0.4) is 0 Å². The Morgan fingerprint density at radius 2 is 1.50 bits per heavy atom. The van der Waals surface area contributed by atoms with Crippen molar-refractivity contribution in [1.29, 1.82) is 0 Å². The van der Waals surface area contributed by atoms with Gasteiger partial charge in [-0.1, -0.05) is 57.6 Å². The molecule has 0 fully saturated rings. The summed E-state index contributed by atoms with van der Waals surface area (Å²) in [6, 6.07) is 0. The molecule has 0 aromatic rings. The molecule has 2 heterocycles. The predicted octanol–water partition coefficient (Wildman–Crippen LogP) is 2.21. The highest BCUT2D eigenvalue weighted by Crippen LogP contribution is 2.19. The van der Waals surface area contributed by atoms with Crippen LogP contribution in [-0.4, -0.2) is 34.5 Å². The molecule has 0 atom stereocenters. The third-order valence-electron chi connectivity index (χ3n) is 2.11. The second-order valence-corrected chi connectivity index (χ2v) is 5.03. The minimum absolute atomic E-state index is 0.219. The van der Waals surface area contributed by atoms with Crippen LogP contribution in [0.15, 0.2) is 43.2 Å². The quantitative estimate of drug-likeness (QED) is 0.597. The van der Waals surface area contributed by atoms with E-state index >= 15 is 0 Å². The van der Waals surface area contributed by atoms with Gasteiger partial charge in [0.1, 0.15) is 10.3 Å². The van der Waals surface area contributed by atoms with E-state index in [1.54, 1.807) is 6.08 Å². The van der Waals surface area contributed by atoms with Gasteiger partial charge in [0, 0.05) is 0 Å². The molecule has 0 spiro atoms. The van der Waals surface area contributed by atoms with E-state index in [2.05, 4.69) is 27.6 Å². The summed E-state index contributed by atoms with van der Waals surface area (Å²) in [5.74, 6) is 0. The van der Waals surface area contributed by atoms with Crippen LogP contribution in [0.25, 0.3) is 0 Å². The Morgan fingerprint density at radius 3 is 1.85 bits per heavy atom. The lowest BCUT2D eigenvalue weighted by Crippen LogP contribution is -2.58. The summed E-state index contributed by atoms with van der Waals surface area (Å²) in [5, 5.41) is 13.3. The minimum Gasteiger partial charge on any atom is -0.253 e. The molecule has 0 aliphatic carbocycles. The first kappa shape index (κ1) is 15.3. The third kappa shape index (κ3) is 3.31. The second kappa shape index (κ2) is 6.55. The van der Waals surface area contributed by atoms with E-state index in [0.717, 1.165) is 0 Å². The van der Waals surface area contributed by atoms with E-state index < -0.39 is 0 Å². The molecule has 7 nitrogen and oxygen atoms in total. The standard InChI is InChI=1S/C9H9Cl4N7/c1-2-3-18(19-14-4-6(10)8(12)16-19)20-15-5-7(11)9(13)17-20/h2,4-5,16-17H,1,3H2. The summed E-state index contributed by atoms with van der Waals surface area (Å²) in [5.41, 5.74) is 5.51. The monoisotopic (exact) mass is 355 g/mol. The first-order valence-corrected chi connectivity index (χ1v) is 6.74. The molecule has 0 saturated carbocycles. The van der Waals surface area contributed by atoms with Gasteiger partial charge in [-0.3, -0.25) is 10.9 Å². The van der Waals surface area contributed by atoms with Gasteiger partial charge in [-0.2, -0.15) is 0 Å². The van der Waals surface area contributed by atoms with Crippen molar-refractivity contribution in [3.8, 4) is 0 Å². The molecule has 11 heteroatoms. The van der Waals surface area contributed by atoms with Gasteiger partial charge in [-0.25, -0.2) is 0 Å². The zero-order valence-corrected chi connectivity index (χ0v) is 12.9. The Balaban J connectivity index is 2.16. The topological polar surface area (TPSA) is 58.5 Å². The van der Waals surface area contributed by atoms with E-state index in [9.17, 15) is 0 Å². The molecule has 0 aromatic heterocycles. The van der Waals surface area contributed by atoms with Gasteiger partial charge in [0.05, 0.1) is 29.0 Å². The fraction of sp³-hybridized carbons (Fsp3) is 0.111. The molecule has 2 rings (SSSR count). The summed E-state index contributed by atoms with van der Waals surface area (Å²) < 4.78 is 0. The smallest absolute Gasteiger partial charge is 0.143 e. The van der Waals surface area contributed by atoms with Gasteiger partial charge in [0.2, 0.25) is 0 Å². The molecule has 0 radical (unpaired) electrons. The van der Waals surface area contributed by atoms with E-state index in [1.807, 2.05) is 0 Å². The average molecular weight is 357 g/mol. The molecule has 0 unspecified atom stereocenters. The normalized spacial score (nSPS) is 18.6. The number of hydrogen-bond acceptors (Lipinski definition) is 7. The summed E-state index contributed by atoms with van der Waals surface area (Å²) in [6.07, 6.45) is 4.40. The van der Waals surface area contributed by atoms with Crippen molar-refractivity contribution in [2.45, 2.75) is 0 Å². The number of nitrogens with one attached hydrogen (secondary N) is 2. The van der Waals surface area contributed by atoms with Crippen LogP contribution < -0.4 is 10.9 Å². The maximum atomic E-state index is 5.91. The number of hydrogen-bond donors (Lipinski definition) is 2. The van der Waals surface area contributed by atoms with Crippen molar-refractivity contribution in [2.75, 3.05) is 6.54 Å². The van der Waals surface area contributed by atoms with Gasteiger partial charge in [-0.15, -0.1) is 27.2 Å². The number of halogens is 4. The third-order valence-corrected chi connectivity index (χ3v) is 3.45. The predicted molar refractivity (Wildman–Crippen MR) is 81.3 cm³/mol. The van der Waals surface area contributed by atoms with Crippen molar-refractivity contribution >= 4 is 58.8 Å². The number of hydrazine groups is 4. The van der Waals surface area contributed by atoms with E-state index in [0.29, 0.717) is 6.54 Å². The minimum atomic E-state index is 0.219. The average Bonchev–Trinajstić information content (AvgIpc) is 2.43. The fourth-order valence-electron chi connectivity index (χ4n) is 1.25. The van der Waals surface area contributed by atoms with Crippen LogP contribution in [0.4, 0.5) is 0 Å². The zero-order valence-electron chi connectivity index (χ0n) is 9.89. The molecule has 20 heavy (non-hydrogen) atoms. The molecule has 0 bridgehead atoms. The van der Waals surface area contributed by atoms with Gasteiger partial charge in [-0.05, 0) is 0 Å². The van der Waals surface area contributed by atoms with Gasteiger partial charge >= 0.3 is 0 Å². The van der Waals surface area contributed by atoms with E-state index in [-0.39, 0.29) is 20.4 Å². The van der Waals surface area contributed by atoms with Crippen LogP contribution >= 0.6 is 46.4 Å². The Bertz CT molecular complexity index is 484. The molecule has 2 aliphatic heterocycles. The van der Waals surface area contributed by atoms with Crippen molar-refractivity contribution in [1.82, 2.24) is 26.4 Å². The van der Waals surface area contributed by atoms with Gasteiger partial charge in [0.15, 0.2) is 0 Å². The number of hydrazone groups is 2. The highest BCUT2D eigenvalue weighted by Gasteiger charge is 2.25. The van der Waals surface area contributed by atoms with Crippen LogP contribution in [0.2, 0.25) is 0 Å². The highest BCUT2D eigenvalue weighted by atomic mass is 35.5. The molecular weight excluding hydrogens is 348 g/mol. The largest absolute Gasteiger partial charge is 0.253 e. The summed E-state index contributed by atoms with van der Waals surface area (Å²) in [6.45, 7) is 4.01. The lowest BCUT2D eigenvalue weighted by molar-refractivity contribution is -0.218. The van der Waals surface area contributed by atoms with Crippen molar-refractivity contribution < 1.29 is 0 Å². The van der Waals surface area contributed by atoms with Crippen molar-refractivity contribution in [3.05, 3.63) is 33.0 Å². The fourth-order valence-corrected chi connectivity index (χ4v) is 1.67. The first-order valence-electron chi connectivity index (χ1n) is 5.23. The van der Waals surface area contributed by atoms with Crippen LogP contribution in [0, 0.1) is 0 Å². The Kier molecular flexibility index (Phi) is 5.00. The number of rotatable bonds is 4. The molecule has 2 aliphatic rings. The van der Waals surface area contributed by atoms with Crippen molar-refractivity contribution in [3.63, 3.8) is 0 Å². The van der Waals surface area contributed by atoms with E-state index in [4.69, 9.17) is 46.4 Å². The van der Waals surface area contributed by atoms with Crippen LogP contribution in [-0.2, 0) is 0 Å². The van der Waals surface area contributed by atoms with Crippen molar-refractivity contribution in [2.24, 2.45) is 10.2 Å². The molecule has 0 aromatic carbocycles. The highest BCUT2D eigenvalue weighted by molar-refractivity contribution is 6.46. The first-order chi connectivity index (χ1) is 9.52. The number of allylic oxidation sites excluding steroid dienone is 2. The molecule has 0 amide bonds. The maximum Gasteiger partial charge on any atom is 0.143 e. The Hall–Kier alpha value is -1.12. The Labute approximate surface area is 135 Å². The summed E-state index contributed by atoms with van der Waals surface area (Å²) in [7, 11) is 0. The van der Waals surface area contributed by atoms with E-state index in [1.165, 1.54) is 28.0 Å². The van der Waals surface area contributed by atoms with Gasteiger partial charge < -0.3 is 0 Å². The maximum absolute atomic E-state index is 5.91. The molecule has 108 valence electrons. The lowest BCUT2D eigenvalue weighted by Gasteiger charge is -2.39. The van der Waals surface area contributed by atoms with Gasteiger partial charge in [0.25, 0.3) is 0 Å². The van der Waals surface area contributed by atoms with Crippen LogP contribution in [0.5, 0.6) is 0 Å². The Morgan fingerprint density at radius 1 is 1.05 bits per heavy atom. The SMILES string of the molecule is C=CCN(N1N=CC(Cl)=C(Cl)N1)N1N=CC(Cl)=C(Cl)N1. The number of nitrogens with zero attached hydrogens (tertiary/aromatic N) is 5. The summed E-state index contributed by atoms with van der Waals surface area (Å²) >= 11 is 23.4. The molecular formula is C9H9Cl4N7. The molecule has 2 N–H and O–H groups in total. The molecule has 0 saturated heterocycles. The van der Waals surface area contributed by atoms with Crippen LogP contribution in [0.1, 0.15) is 0 Å². The zero-order chi connectivity index (χ0) is 14.7. The lowest BCUT2D eigenvalue weighted by atomic mass is 10.6.